The molecule has 4 rings (SSSR count). The Morgan fingerprint density at radius 1 is 1.03 bits per heavy atom. The highest BCUT2D eigenvalue weighted by Crippen LogP contribution is 2.38. The van der Waals surface area contributed by atoms with E-state index in [-0.39, 0.29) is 17.8 Å². The van der Waals surface area contributed by atoms with E-state index in [4.69, 9.17) is 4.74 Å². The quantitative estimate of drug-likeness (QED) is 0.516. The first-order valence-electron chi connectivity index (χ1n) is 12.0. The number of anilines is 2. The van der Waals surface area contributed by atoms with E-state index in [0.29, 0.717) is 17.8 Å². The number of benzene rings is 1. The Morgan fingerprint density at radius 3 is 2.44 bits per heavy atom. The minimum atomic E-state index is 0.126. The monoisotopic (exact) mass is 442 g/mol. The fourth-order valence-electron chi connectivity index (χ4n) is 4.39. The van der Waals surface area contributed by atoms with Crippen LogP contribution in [0.5, 0.6) is 17.5 Å². The van der Waals surface area contributed by atoms with E-state index in [2.05, 4.69) is 39.4 Å². The molecule has 1 saturated heterocycles. The summed E-state index contributed by atoms with van der Waals surface area (Å²) in [4.78, 5) is 4.89. The molecule has 1 aliphatic carbocycles. The predicted octanol–water partition coefficient (Wildman–Crippen LogP) is 4.03. The van der Waals surface area contributed by atoms with Gasteiger partial charge in [0.1, 0.15) is 11.4 Å². The van der Waals surface area contributed by atoms with Crippen LogP contribution in [0.1, 0.15) is 38.7 Å². The van der Waals surface area contributed by atoms with Crippen LogP contribution in [-0.2, 0) is 6.54 Å². The lowest BCUT2D eigenvalue weighted by Crippen LogP contribution is -2.46. The van der Waals surface area contributed by atoms with Crippen molar-refractivity contribution in [1.29, 1.82) is 0 Å². The number of piperazine rings is 1. The van der Waals surface area contributed by atoms with E-state index in [1.807, 2.05) is 20.8 Å². The molecule has 0 amide bonds. The van der Waals surface area contributed by atoms with E-state index in [9.17, 15) is 10.2 Å². The molecule has 2 aromatic rings. The van der Waals surface area contributed by atoms with Crippen molar-refractivity contribution in [1.82, 2.24) is 9.47 Å². The van der Waals surface area contributed by atoms with Crippen LogP contribution >= 0.6 is 0 Å². The van der Waals surface area contributed by atoms with Crippen molar-refractivity contribution in [3.63, 3.8) is 0 Å². The number of ether oxygens (including phenoxy) is 1. The molecule has 176 valence electrons. The number of aromatic nitrogens is 1. The first-order chi connectivity index (χ1) is 15.4. The van der Waals surface area contributed by atoms with Gasteiger partial charge in [-0.15, -0.1) is 0 Å². The Kier molecular flexibility index (Phi) is 7.04. The molecule has 2 fully saturated rings. The van der Waals surface area contributed by atoms with Gasteiger partial charge in [-0.05, 0) is 64.6 Å². The van der Waals surface area contributed by atoms with Crippen LogP contribution < -0.4 is 15.0 Å². The highest BCUT2D eigenvalue weighted by atomic mass is 16.5. The third-order valence-electron chi connectivity index (χ3n) is 6.48. The SMILES string of the molecule is Cc1c(NC(C)C)c(O)n(CCCN2CCN(c3ccccc3OCC3CC3)CC2)c1O. The summed E-state index contributed by atoms with van der Waals surface area (Å²) < 4.78 is 7.72. The van der Waals surface area contributed by atoms with E-state index < -0.39 is 0 Å². The van der Waals surface area contributed by atoms with Gasteiger partial charge in [0.15, 0.2) is 5.88 Å². The predicted molar refractivity (Wildman–Crippen MR) is 129 cm³/mol. The molecule has 0 spiro atoms. The van der Waals surface area contributed by atoms with Gasteiger partial charge in [0.05, 0.1) is 12.3 Å². The van der Waals surface area contributed by atoms with Crippen molar-refractivity contribution in [2.24, 2.45) is 5.92 Å². The zero-order chi connectivity index (χ0) is 22.7. The molecule has 1 aromatic heterocycles. The smallest absolute Gasteiger partial charge is 0.218 e. The summed E-state index contributed by atoms with van der Waals surface area (Å²) in [5.74, 6) is 2.03. The lowest BCUT2D eigenvalue weighted by atomic mass is 10.2. The molecule has 32 heavy (non-hydrogen) atoms. The molecule has 0 unspecified atom stereocenters. The van der Waals surface area contributed by atoms with Crippen molar-refractivity contribution < 1.29 is 14.9 Å². The minimum absolute atomic E-state index is 0.126. The van der Waals surface area contributed by atoms with Crippen LogP contribution in [0.4, 0.5) is 11.4 Å². The van der Waals surface area contributed by atoms with Crippen LogP contribution in [0, 0.1) is 12.8 Å². The van der Waals surface area contributed by atoms with Crippen LogP contribution in [0.3, 0.4) is 0 Å². The Bertz CT molecular complexity index is 899. The zero-order valence-corrected chi connectivity index (χ0v) is 19.7. The average molecular weight is 443 g/mol. The molecule has 0 atom stereocenters. The Labute approximate surface area is 191 Å². The molecular weight excluding hydrogens is 404 g/mol. The van der Waals surface area contributed by atoms with Crippen molar-refractivity contribution in [3.8, 4) is 17.5 Å². The zero-order valence-electron chi connectivity index (χ0n) is 19.7. The van der Waals surface area contributed by atoms with Gasteiger partial charge in [-0.3, -0.25) is 9.47 Å². The fraction of sp³-hybridized carbons (Fsp3) is 0.600. The summed E-state index contributed by atoms with van der Waals surface area (Å²) in [6.45, 7) is 12.2. The minimum Gasteiger partial charge on any atom is -0.494 e. The first-order valence-corrected chi connectivity index (χ1v) is 12.0. The molecule has 2 aliphatic rings. The summed E-state index contributed by atoms with van der Waals surface area (Å²) in [5, 5.41) is 24.2. The van der Waals surface area contributed by atoms with Crippen LogP contribution in [-0.4, -0.2) is 65.1 Å². The molecular formula is C25H38N4O3. The average Bonchev–Trinajstić information content (AvgIpc) is 3.60. The highest BCUT2D eigenvalue weighted by molar-refractivity contribution is 5.64. The number of aromatic hydroxyl groups is 2. The molecule has 0 radical (unpaired) electrons. The number of para-hydroxylation sites is 2. The van der Waals surface area contributed by atoms with E-state index in [1.165, 1.54) is 18.5 Å². The van der Waals surface area contributed by atoms with Crippen molar-refractivity contribution in [2.75, 3.05) is 49.5 Å². The summed E-state index contributed by atoms with van der Waals surface area (Å²) in [6.07, 6.45) is 3.47. The summed E-state index contributed by atoms with van der Waals surface area (Å²) in [6, 6.07) is 8.59. The van der Waals surface area contributed by atoms with Gasteiger partial charge in [0, 0.05) is 44.3 Å². The number of hydrogen-bond acceptors (Lipinski definition) is 6. The standard InChI is InChI=1S/C25H38N4O3/c1-18(2)26-23-19(3)24(30)29(25(23)31)12-6-11-27-13-15-28(16-14-27)21-7-4-5-8-22(21)32-17-20-9-10-20/h4-5,7-8,18,20,26,30-31H,6,9-17H2,1-3H3. The third kappa shape index (κ3) is 5.26. The maximum Gasteiger partial charge on any atom is 0.218 e. The molecule has 3 N–H and O–H groups in total. The van der Waals surface area contributed by atoms with Crippen LogP contribution in [0.15, 0.2) is 24.3 Å². The normalized spacial score (nSPS) is 17.2. The molecule has 7 heteroatoms. The molecule has 2 heterocycles. The Hall–Kier alpha value is -2.54. The van der Waals surface area contributed by atoms with Crippen LogP contribution in [0.2, 0.25) is 0 Å². The van der Waals surface area contributed by atoms with Gasteiger partial charge >= 0.3 is 0 Å². The molecule has 0 bridgehead atoms. The maximum atomic E-state index is 10.6. The molecule has 7 nitrogen and oxygen atoms in total. The molecule has 1 aromatic carbocycles. The largest absolute Gasteiger partial charge is 0.494 e. The third-order valence-corrected chi connectivity index (χ3v) is 6.48. The molecule has 1 aliphatic heterocycles. The number of nitrogens with zero attached hydrogens (tertiary/aromatic N) is 3. The Balaban J connectivity index is 1.27. The van der Waals surface area contributed by atoms with E-state index in [1.54, 1.807) is 4.57 Å². The topological polar surface area (TPSA) is 73.1 Å². The van der Waals surface area contributed by atoms with Gasteiger partial charge in [0.25, 0.3) is 0 Å². The summed E-state index contributed by atoms with van der Waals surface area (Å²) in [7, 11) is 0. The van der Waals surface area contributed by atoms with Crippen molar-refractivity contribution >= 4 is 11.4 Å². The maximum absolute atomic E-state index is 10.6. The second-order valence-corrected chi connectivity index (χ2v) is 9.50. The number of nitrogens with one attached hydrogen (secondary N) is 1. The lowest BCUT2D eigenvalue weighted by molar-refractivity contribution is 0.244. The van der Waals surface area contributed by atoms with Crippen LogP contribution in [0.25, 0.3) is 0 Å². The fourth-order valence-corrected chi connectivity index (χ4v) is 4.39. The van der Waals surface area contributed by atoms with Gasteiger partial charge in [0.2, 0.25) is 5.88 Å². The van der Waals surface area contributed by atoms with E-state index in [0.717, 1.165) is 57.4 Å². The van der Waals surface area contributed by atoms with Gasteiger partial charge < -0.3 is 25.2 Å². The Morgan fingerprint density at radius 2 is 1.75 bits per heavy atom. The summed E-state index contributed by atoms with van der Waals surface area (Å²) in [5.41, 5.74) is 2.54. The second kappa shape index (κ2) is 9.94. The van der Waals surface area contributed by atoms with Crippen molar-refractivity contribution in [3.05, 3.63) is 29.8 Å². The van der Waals surface area contributed by atoms with Gasteiger partial charge in [-0.25, -0.2) is 0 Å². The molecule has 1 saturated carbocycles. The van der Waals surface area contributed by atoms with Gasteiger partial charge in [-0.2, -0.15) is 0 Å². The highest BCUT2D eigenvalue weighted by Gasteiger charge is 2.24. The first kappa shape index (κ1) is 22.6. The van der Waals surface area contributed by atoms with Crippen molar-refractivity contribution in [2.45, 2.75) is 52.6 Å². The lowest BCUT2D eigenvalue weighted by Gasteiger charge is -2.36. The number of rotatable bonds is 10. The van der Waals surface area contributed by atoms with Gasteiger partial charge in [-0.1, -0.05) is 12.1 Å². The second-order valence-electron chi connectivity index (χ2n) is 9.50. The summed E-state index contributed by atoms with van der Waals surface area (Å²) >= 11 is 0. The number of hydrogen-bond donors (Lipinski definition) is 3. The van der Waals surface area contributed by atoms with E-state index >= 15 is 0 Å².